The van der Waals surface area contributed by atoms with E-state index in [2.05, 4.69) is 10.0 Å². The number of rotatable bonds is 3. The van der Waals surface area contributed by atoms with Crippen molar-refractivity contribution in [2.75, 3.05) is 10.0 Å². The number of thioether (sulfide) groups is 1. The number of fused-ring (bicyclic) bond motifs is 1. The molecule has 0 saturated heterocycles. The van der Waals surface area contributed by atoms with Crippen LogP contribution in [0.15, 0.2) is 46.2 Å². The lowest BCUT2D eigenvalue weighted by Crippen LogP contribution is -2.15. The molecule has 0 fully saturated rings. The maximum atomic E-state index is 12.6. The fourth-order valence-corrected chi connectivity index (χ4v) is 4.78. The van der Waals surface area contributed by atoms with Crippen LogP contribution in [0.1, 0.15) is 18.9 Å². The van der Waals surface area contributed by atoms with Gasteiger partial charge in [-0.3, -0.25) is 9.52 Å². The molecule has 2 aromatic carbocycles. The van der Waals surface area contributed by atoms with E-state index in [1.54, 1.807) is 36.0 Å². The van der Waals surface area contributed by atoms with Crippen molar-refractivity contribution < 1.29 is 13.2 Å². The van der Waals surface area contributed by atoms with Crippen LogP contribution >= 0.6 is 23.4 Å². The SMILES string of the molecule is Cc1ccc(NS(=O)(=O)c2ccc3c(c2)NC(=O)CC(C)S3)cc1Cl. The van der Waals surface area contributed by atoms with E-state index in [1.807, 2.05) is 13.8 Å². The molecule has 0 aliphatic carbocycles. The summed E-state index contributed by atoms with van der Waals surface area (Å²) in [5.74, 6) is -0.119. The molecule has 1 aliphatic heterocycles. The number of carbonyl (C=O) groups excluding carboxylic acids is 1. The van der Waals surface area contributed by atoms with E-state index in [0.717, 1.165) is 10.5 Å². The molecule has 1 aliphatic rings. The zero-order valence-electron chi connectivity index (χ0n) is 13.7. The fourth-order valence-electron chi connectivity index (χ4n) is 2.47. The van der Waals surface area contributed by atoms with Crippen LogP contribution in [-0.4, -0.2) is 19.6 Å². The number of anilines is 2. The van der Waals surface area contributed by atoms with Crippen LogP contribution in [0, 0.1) is 6.92 Å². The Labute approximate surface area is 156 Å². The first-order valence-corrected chi connectivity index (χ1v) is 10.4. The molecule has 1 amide bonds. The van der Waals surface area contributed by atoms with E-state index >= 15 is 0 Å². The van der Waals surface area contributed by atoms with Crippen molar-refractivity contribution in [3.05, 3.63) is 47.0 Å². The van der Waals surface area contributed by atoms with Gasteiger partial charge in [-0.05, 0) is 42.8 Å². The van der Waals surface area contributed by atoms with Gasteiger partial charge in [0.15, 0.2) is 0 Å². The van der Waals surface area contributed by atoms with Gasteiger partial charge in [0.1, 0.15) is 0 Å². The minimum atomic E-state index is -3.79. The predicted octanol–water partition coefficient (Wildman–Crippen LogP) is 4.27. The van der Waals surface area contributed by atoms with Crippen LogP contribution in [0.25, 0.3) is 0 Å². The maximum absolute atomic E-state index is 12.6. The highest BCUT2D eigenvalue weighted by atomic mass is 35.5. The molecule has 8 heteroatoms. The average Bonchev–Trinajstić information content (AvgIpc) is 2.66. The van der Waals surface area contributed by atoms with Crippen molar-refractivity contribution >= 4 is 50.7 Å². The summed E-state index contributed by atoms with van der Waals surface area (Å²) in [6.45, 7) is 3.81. The number of amides is 1. The second-order valence-electron chi connectivity index (χ2n) is 5.91. The Morgan fingerprint density at radius 1 is 1.24 bits per heavy atom. The maximum Gasteiger partial charge on any atom is 0.261 e. The molecule has 25 heavy (non-hydrogen) atoms. The van der Waals surface area contributed by atoms with Gasteiger partial charge in [-0.15, -0.1) is 11.8 Å². The Hall–Kier alpha value is -1.70. The van der Waals surface area contributed by atoms with Crippen LogP contribution in [0.3, 0.4) is 0 Å². The van der Waals surface area contributed by atoms with Crippen LogP contribution < -0.4 is 10.0 Å². The van der Waals surface area contributed by atoms with Crippen LogP contribution in [0.5, 0.6) is 0 Å². The van der Waals surface area contributed by atoms with Crippen molar-refractivity contribution in [2.45, 2.75) is 35.3 Å². The van der Waals surface area contributed by atoms with Gasteiger partial charge >= 0.3 is 0 Å². The normalized spacial score (nSPS) is 17.4. The molecule has 1 unspecified atom stereocenters. The van der Waals surface area contributed by atoms with Gasteiger partial charge in [-0.2, -0.15) is 0 Å². The van der Waals surface area contributed by atoms with Crippen LogP contribution in [0.2, 0.25) is 5.02 Å². The van der Waals surface area contributed by atoms with Crippen molar-refractivity contribution in [1.82, 2.24) is 0 Å². The molecule has 0 radical (unpaired) electrons. The van der Waals surface area contributed by atoms with E-state index in [-0.39, 0.29) is 16.1 Å². The monoisotopic (exact) mass is 396 g/mol. The number of carbonyl (C=O) groups is 1. The van der Waals surface area contributed by atoms with Crippen molar-refractivity contribution in [2.24, 2.45) is 0 Å². The number of benzene rings is 2. The number of nitrogens with one attached hydrogen (secondary N) is 2. The molecule has 0 saturated carbocycles. The summed E-state index contributed by atoms with van der Waals surface area (Å²) in [4.78, 5) is 12.8. The topological polar surface area (TPSA) is 75.3 Å². The lowest BCUT2D eigenvalue weighted by molar-refractivity contribution is -0.116. The van der Waals surface area contributed by atoms with Gasteiger partial charge in [0, 0.05) is 21.6 Å². The van der Waals surface area contributed by atoms with Gasteiger partial charge in [-0.1, -0.05) is 24.6 Å². The summed E-state index contributed by atoms with van der Waals surface area (Å²) >= 11 is 7.59. The molecule has 2 N–H and O–H groups in total. The van der Waals surface area contributed by atoms with Crippen molar-refractivity contribution in [1.29, 1.82) is 0 Å². The van der Waals surface area contributed by atoms with E-state index in [1.165, 1.54) is 12.1 Å². The largest absolute Gasteiger partial charge is 0.325 e. The molecule has 2 aromatic rings. The zero-order valence-corrected chi connectivity index (χ0v) is 16.1. The first-order valence-electron chi connectivity index (χ1n) is 7.64. The fraction of sp³-hybridized carbons (Fsp3) is 0.235. The van der Waals surface area contributed by atoms with Crippen molar-refractivity contribution in [3.63, 3.8) is 0 Å². The predicted molar refractivity (Wildman–Crippen MR) is 102 cm³/mol. The third-order valence-electron chi connectivity index (χ3n) is 3.76. The van der Waals surface area contributed by atoms with Gasteiger partial charge in [-0.25, -0.2) is 8.42 Å². The Bertz CT molecular complexity index is 945. The first kappa shape index (κ1) is 18.1. The Balaban J connectivity index is 1.92. The van der Waals surface area contributed by atoms with E-state index in [9.17, 15) is 13.2 Å². The van der Waals surface area contributed by atoms with Crippen LogP contribution in [0.4, 0.5) is 11.4 Å². The first-order chi connectivity index (χ1) is 11.7. The van der Waals surface area contributed by atoms with Gasteiger partial charge < -0.3 is 5.32 Å². The minimum absolute atomic E-state index is 0.0819. The number of sulfonamides is 1. The molecular weight excluding hydrogens is 380 g/mol. The number of hydrogen-bond donors (Lipinski definition) is 2. The highest BCUT2D eigenvalue weighted by Crippen LogP contribution is 2.36. The van der Waals surface area contributed by atoms with Crippen LogP contribution in [-0.2, 0) is 14.8 Å². The second-order valence-corrected chi connectivity index (χ2v) is 9.48. The molecule has 5 nitrogen and oxygen atoms in total. The van der Waals surface area contributed by atoms with Gasteiger partial charge in [0.25, 0.3) is 10.0 Å². The third kappa shape index (κ3) is 4.11. The standard InChI is InChI=1S/C17H17ClN2O3S2/c1-10-3-4-12(8-14(10)18)20-25(22,23)13-5-6-16-15(9-13)19-17(21)7-11(2)24-16/h3-6,8-9,11,20H,7H2,1-2H3,(H,19,21). The van der Waals surface area contributed by atoms with E-state index in [4.69, 9.17) is 11.6 Å². The molecule has 0 aromatic heterocycles. The quantitative estimate of drug-likeness (QED) is 0.812. The van der Waals surface area contributed by atoms with E-state index in [0.29, 0.717) is 22.8 Å². The number of halogens is 1. The summed E-state index contributed by atoms with van der Waals surface area (Å²) in [5, 5.41) is 3.39. The third-order valence-corrected chi connectivity index (χ3v) is 6.73. The summed E-state index contributed by atoms with van der Waals surface area (Å²) < 4.78 is 27.8. The lowest BCUT2D eigenvalue weighted by Gasteiger charge is -2.12. The highest BCUT2D eigenvalue weighted by Gasteiger charge is 2.22. The molecule has 0 spiro atoms. The molecule has 1 atom stereocenters. The number of hydrogen-bond acceptors (Lipinski definition) is 4. The molecule has 3 rings (SSSR count). The molecular formula is C17H17ClN2O3S2. The summed E-state index contributed by atoms with van der Waals surface area (Å²) in [6.07, 6.45) is 0.390. The average molecular weight is 397 g/mol. The van der Waals surface area contributed by atoms with Gasteiger partial charge in [0.05, 0.1) is 16.3 Å². The molecule has 1 heterocycles. The smallest absolute Gasteiger partial charge is 0.261 e. The van der Waals surface area contributed by atoms with E-state index < -0.39 is 10.0 Å². The summed E-state index contributed by atoms with van der Waals surface area (Å²) in [5.41, 5.74) is 1.77. The zero-order chi connectivity index (χ0) is 18.2. The molecule has 132 valence electrons. The Morgan fingerprint density at radius 3 is 2.72 bits per heavy atom. The second kappa shape index (κ2) is 6.90. The Kier molecular flexibility index (Phi) is 4.99. The van der Waals surface area contributed by atoms with Gasteiger partial charge in [0.2, 0.25) is 5.91 Å². The number of aryl methyl sites for hydroxylation is 1. The minimum Gasteiger partial charge on any atom is -0.325 e. The molecule has 0 bridgehead atoms. The van der Waals surface area contributed by atoms with Crippen molar-refractivity contribution in [3.8, 4) is 0 Å². The highest BCUT2D eigenvalue weighted by molar-refractivity contribution is 8.00. The lowest BCUT2D eigenvalue weighted by atomic mass is 10.2. The summed E-state index contributed by atoms with van der Waals surface area (Å²) in [7, 11) is -3.79. The Morgan fingerprint density at radius 2 is 2.00 bits per heavy atom. The summed E-state index contributed by atoms with van der Waals surface area (Å²) in [6, 6.07) is 9.71.